The molecule has 1 aromatic rings. The lowest BCUT2D eigenvalue weighted by atomic mass is 10.3. The van der Waals surface area contributed by atoms with Crippen molar-refractivity contribution in [3.05, 3.63) is 17.5 Å². The third kappa shape index (κ3) is 3.58. The zero-order chi connectivity index (χ0) is 14.5. The lowest BCUT2D eigenvalue weighted by Crippen LogP contribution is -2.46. The van der Waals surface area contributed by atoms with Crippen molar-refractivity contribution in [1.82, 2.24) is 24.9 Å². The van der Waals surface area contributed by atoms with E-state index < -0.39 is 0 Å². The smallest absolute Gasteiger partial charge is 0.271 e. The first kappa shape index (κ1) is 15.0. The highest BCUT2D eigenvalue weighted by atomic mass is 16.2. The van der Waals surface area contributed by atoms with Crippen molar-refractivity contribution >= 4 is 5.91 Å². The van der Waals surface area contributed by atoms with Crippen molar-refractivity contribution in [3.63, 3.8) is 0 Å². The van der Waals surface area contributed by atoms with Gasteiger partial charge in [0.25, 0.3) is 5.91 Å². The van der Waals surface area contributed by atoms with Crippen molar-refractivity contribution in [2.45, 2.75) is 20.4 Å². The molecule has 1 saturated heterocycles. The van der Waals surface area contributed by atoms with Gasteiger partial charge >= 0.3 is 0 Å². The second-order valence-corrected chi connectivity index (χ2v) is 5.31. The molecule has 112 valence electrons. The maximum atomic E-state index is 12.4. The van der Waals surface area contributed by atoms with E-state index in [1.807, 2.05) is 27.0 Å². The molecule has 6 heteroatoms. The van der Waals surface area contributed by atoms with Crippen LogP contribution in [0.25, 0.3) is 0 Å². The van der Waals surface area contributed by atoms with E-state index in [2.05, 4.69) is 15.3 Å². The predicted molar refractivity (Wildman–Crippen MR) is 78.9 cm³/mol. The molecule has 1 aliphatic heterocycles. The van der Waals surface area contributed by atoms with Gasteiger partial charge in [-0.1, -0.05) is 0 Å². The van der Waals surface area contributed by atoms with Crippen molar-refractivity contribution < 1.29 is 4.79 Å². The minimum atomic E-state index is 0.0579. The Morgan fingerprint density at radius 1 is 1.45 bits per heavy atom. The fourth-order valence-electron chi connectivity index (χ4n) is 2.48. The third-order valence-corrected chi connectivity index (χ3v) is 3.73. The Labute approximate surface area is 120 Å². The molecular weight excluding hydrogens is 254 g/mol. The minimum absolute atomic E-state index is 0.0579. The largest absolute Gasteiger partial charge is 0.339 e. The molecule has 2 rings (SSSR count). The van der Waals surface area contributed by atoms with Crippen LogP contribution in [-0.2, 0) is 6.54 Å². The highest BCUT2D eigenvalue weighted by Crippen LogP contribution is 2.07. The Bertz CT molecular complexity index is 450. The Balaban J connectivity index is 1.90. The highest BCUT2D eigenvalue weighted by molar-refractivity contribution is 5.92. The van der Waals surface area contributed by atoms with Crippen molar-refractivity contribution in [2.24, 2.45) is 0 Å². The molecule has 0 spiro atoms. The van der Waals surface area contributed by atoms with Gasteiger partial charge in [-0.2, -0.15) is 5.10 Å². The Morgan fingerprint density at radius 2 is 2.15 bits per heavy atom. The molecule has 0 unspecified atom stereocenters. The number of hydrogen-bond donors (Lipinski definition) is 1. The summed E-state index contributed by atoms with van der Waals surface area (Å²) in [6.07, 6.45) is 0. The van der Waals surface area contributed by atoms with E-state index in [-0.39, 0.29) is 5.91 Å². The lowest BCUT2D eigenvalue weighted by Gasteiger charge is -2.29. The quantitative estimate of drug-likeness (QED) is 0.836. The number of piperazine rings is 1. The molecule has 0 atom stereocenters. The van der Waals surface area contributed by atoms with Gasteiger partial charge in [0, 0.05) is 52.9 Å². The normalized spacial score (nSPS) is 16.4. The van der Waals surface area contributed by atoms with Crippen LogP contribution in [0.15, 0.2) is 6.07 Å². The molecule has 1 aromatic heterocycles. The van der Waals surface area contributed by atoms with Gasteiger partial charge in [-0.15, -0.1) is 0 Å². The van der Waals surface area contributed by atoms with Crippen LogP contribution in [0.2, 0.25) is 0 Å². The molecule has 0 aliphatic carbocycles. The molecule has 1 amide bonds. The van der Waals surface area contributed by atoms with Gasteiger partial charge in [0.2, 0.25) is 0 Å². The van der Waals surface area contributed by atoms with Gasteiger partial charge in [-0.3, -0.25) is 14.4 Å². The lowest BCUT2D eigenvalue weighted by molar-refractivity contribution is 0.0762. The summed E-state index contributed by atoms with van der Waals surface area (Å²) in [6, 6.07) is 1.87. The average molecular weight is 279 g/mol. The topological polar surface area (TPSA) is 53.4 Å². The van der Waals surface area contributed by atoms with E-state index in [0.29, 0.717) is 5.69 Å². The van der Waals surface area contributed by atoms with Crippen molar-refractivity contribution in [1.29, 1.82) is 0 Å². The van der Waals surface area contributed by atoms with E-state index in [1.54, 1.807) is 9.58 Å². The predicted octanol–water partition coefficient (Wildman–Crippen LogP) is 0.189. The van der Waals surface area contributed by atoms with Gasteiger partial charge in [-0.05, 0) is 19.9 Å². The van der Waals surface area contributed by atoms with Gasteiger partial charge in [0.05, 0.1) is 5.69 Å². The van der Waals surface area contributed by atoms with E-state index in [9.17, 15) is 4.79 Å². The summed E-state index contributed by atoms with van der Waals surface area (Å²) >= 11 is 0. The molecule has 1 aliphatic rings. The number of aryl methyl sites for hydroxylation is 2. The second-order valence-electron chi connectivity index (χ2n) is 5.31. The SMILES string of the molecule is CCn1nc(C)cc1C(=O)N(C)CCN1CCNCC1. The maximum absolute atomic E-state index is 12.4. The summed E-state index contributed by atoms with van der Waals surface area (Å²) < 4.78 is 1.78. The number of nitrogens with zero attached hydrogens (tertiary/aromatic N) is 4. The van der Waals surface area contributed by atoms with Gasteiger partial charge in [0.1, 0.15) is 5.69 Å². The summed E-state index contributed by atoms with van der Waals surface area (Å²) in [5, 5.41) is 7.67. The molecule has 20 heavy (non-hydrogen) atoms. The highest BCUT2D eigenvalue weighted by Gasteiger charge is 2.18. The van der Waals surface area contributed by atoms with Crippen LogP contribution in [0.5, 0.6) is 0 Å². The molecule has 0 bridgehead atoms. The molecule has 0 saturated carbocycles. The van der Waals surface area contributed by atoms with E-state index in [1.165, 1.54) is 0 Å². The third-order valence-electron chi connectivity index (χ3n) is 3.73. The van der Waals surface area contributed by atoms with Crippen molar-refractivity contribution in [3.8, 4) is 0 Å². The molecule has 6 nitrogen and oxygen atoms in total. The van der Waals surface area contributed by atoms with Crippen LogP contribution >= 0.6 is 0 Å². The number of nitrogens with one attached hydrogen (secondary N) is 1. The summed E-state index contributed by atoms with van der Waals surface area (Å²) in [5.74, 6) is 0.0579. The Morgan fingerprint density at radius 3 is 2.80 bits per heavy atom. The first-order valence-electron chi connectivity index (χ1n) is 7.34. The summed E-state index contributed by atoms with van der Waals surface area (Å²) in [4.78, 5) is 16.6. The number of rotatable bonds is 5. The Kier molecular flexibility index (Phi) is 5.14. The van der Waals surface area contributed by atoms with E-state index in [4.69, 9.17) is 0 Å². The standard InChI is InChI=1S/C14H25N5O/c1-4-19-13(11-12(2)16-19)14(20)17(3)9-10-18-7-5-15-6-8-18/h11,15H,4-10H2,1-3H3. The fourth-order valence-corrected chi connectivity index (χ4v) is 2.48. The number of carbonyl (C=O) groups is 1. The number of aromatic nitrogens is 2. The maximum Gasteiger partial charge on any atom is 0.271 e. The minimum Gasteiger partial charge on any atom is -0.339 e. The molecular formula is C14H25N5O. The van der Waals surface area contributed by atoms with E-state index in [0.717, 1.165) is 51.5 Å². The van der Waals surface area contributed by atoms with Crippen LogP contribution < -0.4 is 5.32 Å². The zero-order valence-corrected chi connectivity index (χ0v) is 12.7. The van der Waals surface area contributed by atoms with Crippen LogP contribution in [0, 0.1) is 6.92 Å². The monoisotopic (exact) mass is 279 g/mol. The average Bonchev–Trinajstić information content (AvgIpc) is 2.86. The molecule has 1 N–H and O–H groups in total. The first-order valence-corrected chi connectivity index (χ1v) is 7.34. The van der Waals surface area contributed by atoms with Crippen LogP contribution in [-0.4, -0.2) is 71.8 Å². The molecule has 1 fully saturated rings. The van der Waals surface area contributed by atoms with Crippen LogP contribution in [0.4, 0.5) is 0 Å². The number of likely N-dealkylation sites (N-methyl/N-ethyl adjacent to an activating group) is 1. The summed E-state index contributed by atoms with van der Waals surface area (Å²) in [6.45, 7) is 10.5. The summed E-state index contributed by atoms with van der Waals surface area (Å²) in [5.41, 5.74) is 1.58. The number of carbonyl (C=O) groups excluding carboxylic acids is 1. The zero-order valence-electron chi connectivity index (χ0n) is 12.7. The molecule has 0 aromatic carbocycles. The van der Waals surface area contributed by atoms with Crippen molar-refractivity contribution in [2.75, 3.05) is 46.3 Å². The number of hydrogen-bond acceptors (Lipinski definition) is 4. The van der Waals surface area contributed by atoms with E-state index >= 15 is 0 Å². The summed E-state index contributed by atoms with van der Waals surface area (Å²) in [7, 11) is 1.87. The molecule has 0 radical (unpaired) electrons. The van der Waals surface area contributed by atoms with Crippen LogP contribution in [0.1, 0.15) is 23.1 Å². The first-order chi connectivity index (χ1) is 9.61. The fraction of sp³-hybridized carbons (Fsp3) is 0.714. The van der Waals surface area contributed by atoms with Gasteiger partial charge < -0.3 is 10.2 Å². The van der Waals surface area contributed by atoms with Crippen LogP contribution in [0.3, 0.4) is 0 Å². The second kappa shape index (κ2) is 6.85. The Hall–Kier alpha value is -1.40. The van der Waals surface area contributed by atoms with Gasteiger partial charge in [-0.25, -0.2) is 0 Å². The number of amides is 1. The molecule has 2 heterocycles. The van der Waals surface area contributed by atoms with Gasteiger partial charge in [0.15, 0.2) is 0 Å².